The Morgan fingerprint density at radius 3 is 2.52 bits per heavy atom. The SMILES string of the molecule is CCNC(=O)c1cccc(NC(C)CNC(=O)OC(C)(C)C)c1. The number of amides is 2. The molecule has 1 rings (SSSR count). The molecule has 0 aliphatic heterocycles. The van der Waals surface area contributed by atoms with Gasteiger partial charge < -0.3 is 20.7 Å². The summed E-state index contributed by atoms with van der Waals surface area (Å²) in [6.07, 6.45) is -0.442. The molecule has 6 heteroatoms. The molecule has 0 saturated heterocycles. The highest BCUT2D eigenvalue weighted by Gasteiger charge is 2.16. The van der Waals surface area contributed by atoms with E-state index < -0.39 is 11.7 Å². The molecule has 0 fully saturated rings. The largest absolute Gasteiger partial charge is 0.444 e. The number of hydrogen-bond acceptors (Lipinski definition) is 4. The van der Waals surface area contributed by atoms with Crippen molar-refractivity contribution in [2.45, 2.75) is 46.3 Å². The Bertz CT molecular complexity index is 538. The predicted molar refractivity (Wildman–Crippen MR) is 91.8 cm³/mol. The van der Waals surface area contributed by atoms with Crippen molar-refractivity contribution in [2.75, 3.05) is 18.4 Å². The molecule has 2 amide bonds. The van der Waals surface area contributed by atoms with E-state index in [9.17, 15) is 9.59 Å². The van der Waals surface area contributed by atoms with Crippen LogP contribution in [0.15, 0.2) is 24.3 Å². The van der Waals surface area contributed by atoms with Crippen molar-refractivity contribution in [1.29, 1.82) is 0 Å². The second-order valence-electron chi connectivity index (χ2n) is 6.37. The maximum Gasteiger partial charge on any atom is 0.407 e. The molecule has 1 aromatic rings. The zero-order valence-corrected chi connectivity index (χ0v) is 14.5. The average molecular weight is 321 g/mol. The Morgan fingerprint density at radius 2 is 1.91 bits per heavy atom. The van der Waals surface area contributed by atoms with E-state index in [1.807, 2.05) is 46.8 Å². The maximum atomic E-state index is 11.8. The zero-order valence-electron chi connectivity index (χ0n) is 14.5. The van der Waals surface area contributed by atoms with E-state index in [4.69, 9.17) is 4.74 Å². The number of rotatable bonds is 6. The molecule has 0 spiro atoms. The average Bonchev–Trinajstić information content (AvgIpc) is 2.44. The van der Waals surface area contributed by atoms with Crippen molar-refractivity contribution in [2.24, 2.45) is 0 Å². The normalized spacial score (nSPS) is 12.2. The molecule has 0 bridgehead atoms. The first-order valence-corrected chi connectivity index (χ1v) is 7.83. The summed E-state index contributed by atoms with van der Waals surface area (Å²) < 4.78 is 5.19. The highest BCUT2D eigenvalue weighted by Crippen LogP contribution is 2.12. The van der Waals surface area contributed by atoms with Gasteiger partial charge in [0.15, 0.2) is 0 Å². The Hall–Kier alpha value is -2.24. The van der Waals surface area contributed by atoms with Crippen molar-refractivity contribution < 1.29 is 14.3 Å². The summed E-state index contributed by atoms with van der Waals surface area (Å²) in [4.78, 5) is 23.4. The van der Waals surface area contributed by atoms with Gasteiger partial charge in [0.2, 0.25) is 0 Å². The number of benzene rings is 1. The van der Waals surface area contributed by atoms with Crippen molar-refractivity contribution in [3.05, 3.63) is 29.8 Å². The lowest BCUT2D eigenvalue weighted by Crippen LogP contribution is -2.38. The van der Waals surface area contributed by atoms with Crippen molar-refractivity contribution in [1.82, 2.24) is 10.6 Å². The molecule has 6 nitrogen and oxygen atoms in total. The second-order valence-corrected chi connectivity index (χ2v) is 6.37. The topological polar surface area (TPSA) is 79.5 Å². The molecule has 0 aliphatic carbocycles. The zero-order chi connectivity index (χ0) is 17.5. The van der Waals surface area contributed by atoms with Crippen LogP contribution < -0.4 is 16.0 Å². The lowest BCUT2D eigenvalue weighted by Gasteiger charge is -2.21. The molecule has 23 heavy (non-hydrogen) atoms. The van der Waals surface area contributed by atoms with E-state index >= 15 is 0 Å². The lowest BCUT2D eigenvalue weighted by atomic mass is 10.1. The van der Waals surface area contributed by atoms with Gasteiger partial charge in [-0.3, -0.25) is 4.79 Å². The van der Waals surface area contributed by atoms with E-state index in [-0.39, 0.29) is 11.9 Å². The number of nitrogens with one attached hydrogen (secondary N) is 3. The summed E-state index contributed by atoms with van der Waals surface area (Å²) in [6.45, 7) is 10.3. The van der Waals surface area contributed by atoms with Crippen LogP contribution >= 0.6 is 0 Å². The fourth-order valence-electron chi connectivity index (χ4n) is 1.90. The van der Waals surface area contributed by atoms with Crippen LogP contribution in [0.4, 0.5) is 10.5 Å². The minimum Gasteiger partial charge on any atom is -0.444 e. The summed E-state index contributed by atoms with van der Waals surface area (Å²) in [6, 6.07) is 7.24. The molecule has 1 aromatic carbocycles. The summed E-state index contributed by atoms with van der Waals surface area (Å²) in [5.41, 5.74) is 0.915. The molecule has 0 saturated carbocycles. The molecule has 0 aromatic heterocycles. The Balaban J connectivity index is 2.51. The molecule has 0 radical (unpaired) electrons. The van der Waals surface area contributed by atoms with Gasteiger partial charge in [-0.05, 0) is 52.8 Å². The third-order valence-electron chi connectivity index (χ3n) is 2.83. The van der Waals surface area contributed by atoms with E-state index in [0.717, 1.165) is 5.69 Å². The maximum absolute atomic E-state index is 11.8. The number of anilines is 1. The molecular weight excluding hydrogens is 294 g/mol. The summed E-state index contributed by atoms with van der Waals surface area (Å²) in [5.74, 6) is -0.101. The summed E-state index contributed by atoms with van der Waals surface area (Å²) in [7, 11) is 0. The first kappa shape index (κ1) is 18.8. The van der Waals surface area contributed by atoms with Crippen LogP contribution in [0.25, 0.3) is 0 Å². The predicted octanol–water partition coefficient (Wildman–Crippen LogP) is 2.76. The number of ether oxygens (including phenoxy) is 1. The Morgan fingerprint density at radius 1 is 1.22 bits per heavy atom. The van der Waals surface area contributed by atoms with Gasteiger partial charge >= 0.3 is 6.09 Å². The van der Waals surface area contributed by atoms with Crippen LogP contribution in [0.3, 0.4) is 0 Å². The minimum absolute atomic E-state index is 0.00740. The van der Waals surface area contributed by atoms with Crippen LogP contribution in [-0.4, -0.2) is 36.7 Å². The number of alkyl carbamates (subject to hydrolysis) is 1. The van der Waals surface area contributed by atoms with Crippen LogP contribution in [0.5, 0.6) is 0 Å². The first-order valence-electron chi connectivity index (χ1n) is 7.83. The number of hydrogen-bond donors (Lipinski definition) is 3. The van der Waals surface area contributed by atoms with Crippen LogP contribution in [-0.2, 0) is 4.74 Å². The van der Waals surface area contributed by atoms with Gasteiger partial charge in [0.25, 0.3) is 5.91 Å². The molecule has 3 N–H and O–H groups in total. The molecule has 0 heterocycles. The highest BCUT2D eigenvalue weighted by atomic mass is 16.6. The highest BCUT2D eigenvalue weighted by molar-refractivity contribution is 5.95. The van der Waals surface area contributed by atoms with Gasteiger partial charge in [-0.1, -0.05) is 6.07 Å². The fourth-order valence-corrected chi connectivity index (χ4v) is 1.90. The van der Waals surface area contributed by atoms with Gasteiger partial charge in [0, 0.05) is 30.4 Å². The van der Waals surface area contributed by atoms with Gasteiger partial charge in [-0.15, -0.1) is 0 Å². The first-order chi connectivity index (χ1) is 10.7. The van der Waals surface area contributed by atoms with E-state index in [2.05, 4.69) is 16.0 Å². The van der Waals surface area contributed by atoms with E-state index in [1.165, 1.54) is 0 Å². The van der Waals surface area contributed by atoms with Crippen molar-refractivity contribution >= 4 is 17.7 Å². The number of carbonyl (C=O) groups excluding carboxylic acids is 2. The summed E-state index contributed by atoms with van der Waals surface area (Å²) in [5, 5.41) is 8.73. The van der Waals surface area contributed by atoms with Gasteiger partial charge in [-0.25, -0.2) is 4.79 Å². The standard InChI is InChI=1S/C17H27N3O3/c1-6-18-15(21)13-8-7-9-14(10-13)20-12(2)11-19-16(22)23-17(3,4)5/h7-10,12,20H,6,11H2,1-5H3,(H,18,21)(H,19,22). The van der Waals surface area contributed by atoms with E-state index in [1.54, 1.807) is 12.1 Å². The van der Waals surface area contributed by atoms with E-state index in [0.29, 0.717) is 18.7 Å². The fraction of sp³-hybridized carbons (Fsp3) is 0.529. The lowest BCUT2D eigenvalue weighted by molar-refractivity contribution is 0.0526. The van der Waals surface area contributed by atoms with Crippen molar-refractivity contribution in [3.8, 4) is 0 Å². The van der Waals surface area contributed by atoms with Gasteiger partial charge in [0.1, 0.15) is 5.60 Å². The molecule has 1 unspecified atom stereocenters. The minimum atomic E-state index is -0.512. The van der Waals surface area contributed by atoms with Crippen LogP contribution in [0.2, 0.25) is 0 Å². The molecule has 128 valence electrons. The van der Waals surface area contributed by atoms with Crippen LogP contribution in [0.1, 0.15) is 45.0 Å². The van der Waals surface area contributed by atoms with Gasteiger partial charge in [0.05, 0.1) is 0 Å². The monoisotopic (exact) mass is 321 g/mol. The van der Waals surface area contributed by atoms with Crippen LogP contribution in [0, 0.1) is 0 Å². The Labute approximate surface area is 138 Å². The molecule has 0 aliphatic rings. The number of carbonyl (C=O) groups is 2. The summed E-state index contributed by atoms with van der Waals surface area (Å²) >= 11 is 0. The second kappa shape index (κ2) is 8.41. The third-order valence-corrected chi connectivity index (χ3v) is 2.83. The molecular formula is C17H27N3O3. The smallest absolute Gasteiger partial charge is 0.407 e. The van der Waals surface area contributed by atoms with Gasteiger partial charge in [-0.2, -0.15) is 0 Å². The Kier molecular flexibility index (Phi) is 6.88. The van der Waals surface area contributed by atoms with Crippen molar-refractivity contribution in [3.63, 3.8) is 0 Å². The third kappa shape index (κ3) is 7.54. The molecule has 1 atom stereocenters. The quantitative estimate of drug-likeness (QED) is 0.753.